The summed E-state index contributed by atoms with van der Waals surface area (Å²) in [7, 11) is 0. The van der Waals surface area contributed by atoms with Gasteiger partial charge in [-0.25, -0.2) is 14.2 Å². The lowest BCUT2D eigenvalue weighted by Crippen LogP contribution is -2.42. The van der Waals surface area contributed by atoms with Gasteiger partial charge in [-0.15, -0.1) is 11.3 Å². The number of halogens is 2. The number of carbonyl (C=O) groups is 1. The van der Waals surface area contributed by atoms with Crippen molar-refractivity contribution in [2.24, 2.45) is 3.15 Å². The lowest BCUT2D eigenvalue weighted by molar-refractivity contribution is -0.116. The van der Waals surface area contributed by atoms with Crippen molar-refractivity contribution in [3.05, 3.63) is 67.5 Å². The van der Waals surface area contributed by atoms with Crippen LogP contribution in [0.15, 0.2) is 41.0 Å². The van der Waals surface area contributed by atoms with Crippen LogP contribution in [-0.2, 0) is 11.3 Å². The summed E-state index contributed by atoms with van der Waals surface area (Å²) in [5.74, 6) is 0.159. The molecule has 12 nitrogen and oxygen atoms in total. The molecule has 5 heterocycles. The second-order valence-corrected chi connectivity index (χ2v) is 10.7. The second kappa shape index (κ2) is 9.45. The minimum atomic E-state index is -1.13. The van der Waals surface area contributed by atoms with Gasteiger partial charge in [0.15, 0.2) is 11.5 Å². The largest absolute Gasteiger partial charge is 0.361 e. The summed E-state index contributed by atoms with van der Waals surface area (Å²) in [5, 5.41) is 8.71. The fraction of sp³-hybridized carbons (Fsp3) is 0.238. The predicted molar refractivity (Wildman–Crippen MR) is 138 cm³/mol. The van der Waals surface area contributed by atoms with E-state index in [0.717, 1.165) is 4.57 Å². The summed E-state index contributed by atoms with van der Waals surface area (Å²) in [4.78, 5) is 49.7. The summed E-state index contributed by atoms with van der Waals surface area (Å²) in [6.45, 7) is 4.83. The molecule has 1 amide bonds. The standard InChI is InChI=1S/C21H18FIN8O4S/c1-9-4-13(29-35-9)7-30-20(33)16-17(27-21(30)34)28-23-31(16)11(3)18(32)25-15-8-36-19(26-15)12-5-14(22)10(2)24-6-12/h4-6,8,11H,7H2,1-3H3,(H,25,32)(H,27,34)/t11-/m0/s1. The van der Waals surface area contributed by atoms with E-state index in [4.69, 9.17) is 4.52 Å². The van der Waals surface area contributed by atoms with Gasteiger partial charge in [0.25, 0.3) is 5.56 Å². The molecule has 1 atom stereocenters. The zero-order valence-electron chi connectivity index (χ0n) is 19.1. The third-order valence-electron chi connectivity index (χ3n) is 5.30. The van der Waals surface area contributed by atoms with E-state index in [0.29, 0.717) is 27.8 Å². The first-order valence-electron chi connectivity index (χ1n) is 10.5. The topological polar surface area (TPSA) is 151 Å². The number of pyridine rings is 1. The van der Waals surface area contributed by atoms with E-state index < -0.39 is 50.3 Å². The fourth-order valence-corrected chi connectivity index (χ4v) is 6.21. The molecule has 0 saturated carbocycles. The number of H-pyrrole nitrogens is 1. The molecule has 36 heavy (non-hydrogen) atoms. The average molecular weight is 624 g/mol. The van der Waals surface area contributed by atoms with Crippen molar-refractivity contribution in [1.29, 1.82) is 0 Å². The number of hydrogen-bond acceptors (Lipinski definition) is 10. The molecule has 5 rings (SSSR count). The highest BCUT2D eigenvalue weighted by molar-refractivity contribution is 14.2. The monoisotopic (exact) mass is 624 g/mol. The van der Waals surface area contributed by atoms with Gasteiger partial charge in [0, 0.05) is 23.2 Å². The van der Waals surface area contributed by atoms with Crippen LogP contribution in [0, 0.1) is 19.7 Å². The van der Waals surface area contributed by atoms with Crippen LogP contribution in [-0.4, -0.2) is 36.6 Å². The van der Waals surface area contributed by atoms with Crippen molar-refractivity contribution in [3.8, 4) is 10.6 Å². The van der Waals surface area contributed by atoms with E-state index in [1.165, 1.54) is 23.6 Å². The molecule has 0 aliphatic carbocycles. The predicted octanol–water partition coefficient (Wildman–Crippen LogP) is 3.40. The number of carbonyl (C=O) groups excluding carboxylic acids is 1. The number of rotatable bonds is 6. The Hall–Kier alpha value is -3.60. The number of hydrogen-bond donors (Lipinski definition) is 2. The molecular formula is C21H18FIN8O4S. The van der Waals surface area contributed by atoms with Gasteiger partial charge in [-0.05, 0) is 26.8 Å². The Labute approximate surface area is 216 Å². The molecule has 0 radical (unpaired) electrons. The zero-order valence-corrected chi connectivity index (χ0v) is 22.0. The highest BCUT2D eigenvalue weighted by Gasteiger charge is 2.32. The molecule has 0 aromatic carbocycles. The second-order valence-electron chi connectivity index (χ2n) is 7.91. The van der Waals surface area contributed by atoms with Crippen molar-refractivity contribution in [1.82, 2.24) is 24.7 Å². The van der Waals surface area contributed by atoms with E-state index in [2.05, 4.69) is 28.6 Å². The maximum Gasteiger partial charge on any atom is 0.330 e. The van der Waals surface area contributed by atoms with Gasteiger partial charge in [-0.2, -0.15) is 3.15 Å². The lowest BCUT2D eigenvalue weighted by atomic mass is 10.2. The van der Waals surface area contributed by atoms with Gasteiger partial charge >= 0.3 is 5.69 Å². The van der Waals surface area contributed by atoms with Crippen LogP contribution in [0.2, 0.25) is 0 Å². The van der Waals surface area contributed by atoms with Gasteiger partial charge in [-0.1, -0.05) is 5.16 Å². The Kier molecular flexibility index (Phi) is 6.33. The molecule has 2 N–H and O–H groups in total. The quantitative estimate of drug-likeness (QED) is 0.245. The summed E-state index contributed by atoms with van der Waals surface area (Å²) >= 11 is 0.107. The van der Waals surface area contributed by atoms with Crippen LogP contribution in [0.25, 0.3) is 10.6 Å². The van der Waals surface area contributed by atoms with Crippen LogP contribution in [0.5, 0.6) is 0 Å². The Balaban J connectivity index is 1.36. The molecule has 15 heteroatoms. The van der Waals surface area contributed by atoms with E-state index in [9.17, 15) is 18.8 Å². The Bertz CT molecular complexity index is 1640. The smallest absolute Gasteiger partial charge is 0.330 e. The van der Waals surface area contributed by atoms with Gasteiger partial charge in [0.05, 0.1) is 12.2 Å². The van der Waals surface area contributed by atoms with Crippen LogP contribution < -0.4 is 19.7 Å². The zero-order chi connectivity index (χ0) is 25.6. The van der Waals surface area contributed by atoms with Gasteiger partial charge in [0.2, 0.25) is 5.91 Å². The average Bonchev–Trinajstić information content (AvgIpc) is 3.58. The van der Waals surface area contributed by atoms with Gasteiger partial charge < -0.3 is 9.84 Å². The summed E-state index contributed by atoms with van der Waals surface area (Å²) < 4.78 is 25.8. The lowest BCUT2D eigenvalue weighted by Gasteiger charge is -2.21. The first kappa shape index (κ1) is 24.1. The Morgan fingerprint density at radius 3 is 2.86 bits per heavy atom. The molecule has 0 unspecified atom stereocenters. The number of amides is 1. The van der Waals surface area contributed by atoms with Crippen LogP contribution in [0.3, 0.4) is 0 Å². The normalized spacial score (nSPS) is 13.4. The Morgan fingerprint density at radius 1 is 1.33 bits per heavy atom. The van der Waals surface area contributed by atoms with Gasteiger partial charge in [-0.3, -0.25) is 27.2 Å². The third-order valence-corrected chi connectivity index (χ3v) is 8.68. The van der Waals surface area contributed by atoms with E-state index >= 15 is 0 Å². The molecule has 0 spiro atoms. The number of aromatic amines is 1. The number of nitrogens with one attached hydrogen (secondary N) is 2. The number of anilines is 2. The number of aryl methyl sites for hydroxylation is 2. The number of nitrogens with zero attached hydrogens (tertiary/aromatic N) is 6. The third kappa shape index (κ3) is 4.50. The van der Waals surface area contributed by atoms with Crippen molar-refractivity contribution in [2.75, 3.05) is 8.43 Å². The molecule has 0 saturated heterocycles. The van der Waals surface area contributed by atoms with Crippen molar-refractivity contribution >= 4 is 55.9 Å². The molecule has 0 bridgehead atoms. The molecule has 0 fully saturated rings. The number of fused-ring (bicyclic) bond motifs is 1. The van der Waals surface area contributed by atoms with E-state index in [-0.39, 0.29) is 23.7 Å². The molecule has 4 aromatic rings. The first-order chi connectivity index (χ1) is 17.2. The van der Waals surface area contributed by atoms with E-state index in [1.807, 2.05) is 0 Å². The van der Waals surface area contributed by atoms with Crippen LogP contribution >= 0.6 is 32.6 Å². The molecule has 186 valence electrons. The molecule has 4 aromatic heterocycles. The minimum Gasteiger partial charge on any atom is -0.361 e. The minimum absolute atomic E-state index is 0.0818. The summed E-state index contributed by atoms with van der Waals surface area (Å²) in [5.41, 5.74) is 0.175. The first-order valence-corrected chi connectivity index (χ1v) is 13.3. The van der Waals surface area contributed by atoms with Crippen molar-refractivity contribution in [2.45, 2.75) is 33.4 Å². The SMILES string of the molecule is Cc1cc(Cn2c(=O)[nH]c3c(c2=O)N([C@@H](C)C(=O)Nc2csc(-c4cnc(C)c(F)c4)n2)I=N3)no1. The fourth-order valence-electron chi connectivity index (χ4n) is 3.40. The van der Waals surface area contributed by atoms with Gasteiger partial charge in [0.1, 0.15) is 55.4 Å². The van der Waals surface area contributed by atoms with Crippen LogP contribution in [0.1, 0.15) is 24.1 Å². The van der Waals surface area contributed by atoms with Crippen molar-refractivity contribution in [3.63, 3.8) is 0 Å². The maximum absolute atomic E-state index is 13.9. The Morgan fingerprint density at radius 2 is 2.14 bits per heavy atom. The molecular weight excluding hydrogens is 606 g/mol. The number of thiazole rings is 1. The highest BCUT2D eigenvalue weighted by atomic mass is 127. The molecule has 1 aliphatic heterocycles. The summed E-state index contributed by atoms with van der Waals surface area (Å²) in [6, 6.07) is 2.20. The maximum atomic E-state index is 13.9. The van der Waals surface area contributed by atoms with Crippen LogP contribution in [0.4, 0.5) is 21.7 Å². The van der Waals surface area contributed by atoms with Crippen molar-refractivity contribution < 1.29 is 13.7 Å². The van der Waals surface area contributed by atoms with E-state index in [1.54, 1.807) is 35.3 Å². The highest BCUT2D eigenvalue weighted by Crippen LogP contribution is 2.39. The number of aromatic nitrogens is 5. The summed E-state index contributed by atoms with van der Waals surface area (Å²) in [6.07, 6.45) is 1.52. The molecule has 1 aliphatic rings.